The van der Waals surface area contributed by atoms with Crippen molar-refractivity contribution >= 4 is 50.2 Å². The summed E-state index contributed by atoms with van der Waals surface area (Å²) < 4.78 is 2.80. The number of aliphatic hydroxyl groups excluding tert-OH is 1. The quantitative estimate of drug-likeness (QED) is 0.552. The van der Waals surface area contributed by atoms with Gasteiger partial charge in [-0.05, 0) is 18.6 Å². The van der Waals surface area contributed by atoms with E-state index in [0.29, 0.717) is 41.5 Å². The second kappa shape index (κ2) is 6.90. The minimum Gasteiger partial charge on any atom is -0.394 e. The van der Waals surface area contributed by atoms with E-state index in [4.69, 9.17) is 23.1 Å². The number of benzene rings is 1. The Morgan fingerprint density at radius 2 is 2.11 bits per heavy atom. The van der Waals surface area contributed by atoms with Crippen molar-refractivity contribution in [2.75, 3.05) is 30.3 Å². The Kier molecular flexibility index (Phi) is 4.71. The van der Waals surface area contributed by atoms with E-state index < -0.39 is 5.54 Å². The first-order valence-corrected chi connectivity index (χ1v) is 9.61. The lowest BCUT2D eigenvalue weighted by Gasteiger charge is -2.26. The fourth-order valence-corrected chi connectivity index (χ4v) is 4.36. The number of anilines is 2. The number of imidazole rings is 1. The van der Waals surface area contributed by atoms with Crippen LogP contribution in [0.5, 0.6) is 0 Å². The summed E-state index contributed by atoms with van der Waals surface area (Å²) in [6.45, 7) is 1.77. The number of aromatic nitrogens is 4. The van der Waals surface area contributed by atoms with E-state index in [1.807, 2.05) is 16.7 Å². The third-order valence-electron chi connectivity index (χ3n) is 4.94. The number of aliphatic hydroxyl groups is 1. The van der Waals surface area contributed by atoms with Gasteiger partial charge in [-0.15, -0.1) is 0 Å². The molecule has 0 unspecified atom stereocenters. The van der Waals surface area contributed by atoms with Crippen LogP contribution in [0, 0.1) is 0 Å². The lowest BCUT2D eigenvalue weighted by molar-refractivity contribution is 0.210. The van der Waals surface area contributed by atoms with Gasteiger partial charge in [-0.2, -0.15) is 0 Å². The first-order valence-electron chi connectivity index (χ1n) is 8.44. The predicted octanol–water partition coefficient (Wildman–Crippen LogP) is 1.77. The summed E-state index contributed by atoms with van der Waals surface area (Å²) in [5.74, 6) is 0.351. The fraction of sp³-hybridized carbons (Fsp3) is 0.353. The lowest BCUT2D eigenvalue weighted by Crippen LogP contribution is -2.46. The normalized spacial score (nSPS) is 19.9. The molecule has 0 aliphatic carbocycles. The smallest absolute Gasteiger partial charge is 0.165 e. The maximum absolute atomic E-state index is 9.59. The van der Waals surface area contributed by atoms with E-state index in [0.717, 1.165) is 22.3 Å². The zero-order chi connectivity index (χ0) is 19.2. The predicted molar refractivity (Wildman–Crippen MR) is 109 cm³/mol. The van der Waals surface area contributed by atoms with Crippen molar-refractivity contribution in [3.8, 4) is 0 Å². The Hall–Kier alpha value is -1.94. The highest BCUT2D eigenvalue weighted by molar-refractivity contribution is 9.10. The van der Waals surface area contributed by atoms with Crippen LogP contribution in [0.2, 0.25) is 5.02 Å². The molecule has 8 nitrogen and oxygen atoms in total. The largest absolute Gasteiger partial charge is 0.394 e. The standard InChI is InChI=1S/C17H19BrClN7O/c18-12-3-10(19)4-13(25-2-1-17(21,6-25)7-27)11(12)5-26-9-24-14-15(20)22-8-23-16(14)26/h3-4,8-9,27H,1-2,5-7,21H2,(H2,20,22,23)/t17-/m0/s1. The van der Waals surface area contributed by atoms with E-state index in [9.17, 15) is 5.11 Å². The summed E-state index contributed by atoms with van der Waals surface area (Å²) >= 11 is 9.94. The van der Waals surface area contributed by atoms with E-state index in [1.165, 1.54) is 6.33 Å². The molecule has 10 heteroatoms. The lowest BCUT2D eigenvalue weighted by atomic mass is 10.0. The highest BCUT2D eigenvalue weighted by atomic mass is 79.9. The van der Waals surface area contributed by atoms with Crippen LogP contribution in [0.15, 0.2) is 29.3 Å². The molecule has 5 N–H and O–H groups in total. The molecule has 1 fully saturated rings. The molecule has 1 aliphatic heterocycles. The maximum Gasteiger partial charge on any atom is 0.165 e. The minimum absolute atomic E-state index is 0.0527. The number of halogens is 2. The number of fused-ring (bicyclic) bond motifs is 1. The Balaban J connectivity index is 1.75. The van der Waals surface area contributed by atoms with E-state index >= 15 is 0 Å². The molecule has 4 rings (SSSR count). The van der Waals surface area contributed by atoms with Crippen LogP contribution >= 0.6 is 27.5 Å². The van der Waals surface area contributed by atoms with Crippen molar-refractivity contribution in [2.45, 2.75) is 18.5 Å². The van der Waals surface area contributed by atoms with Crippen molar-refractivity contribution in [1.29, 1.82) is 0 Å². The summed E-state index contributed by atoms with van der Waals surface area (Å²) in [7, 11) is 0. The summed E-state index contributed by atoms with van der Waals surface area (Å²) in [5.41, 5.74) is 14.8. The molecule has 3 aromatic rings. The zero-order valence-corrected chi connectivity index (χ0v) is 16.8. The second-order valence-corrected chi connectivity index (χ2v) is 8.17. The summed E-state index contributed by atoms with van der Waals surface area (Å²) in [5, 5.41) is 10.2. The van der Waals surface area contributed by atoms with Crippen LogP contribution in [-0.2, 0) is 6.54 Å². The Morgan fingerprint density at radius 1 is 1.30 bits per heavy atom. The molecule has 1 aromatic carbocycles. The molecule has 3 heterocycles. The number of nitrogen functional groups attached to an aromatic ring is 1. The average molecular weight is 453 g/mol. The Labute approximate surface area is 169 Å². The summed E-state index contributed by atoms with van der Waals surface area (Å²) in [6.07, 6.45) is 3.84. The molecule has 0 radical (unpaired) electrons. The monoisotopic (exact) mass is 451 g/mol. The highest BCUT2D eigenvalue weighted by Gasteiger charge is 2.35. The number of hydrogen-bond acceptors (Lipinski definition) is 7. The van der Waals surface area contributed by atoms with Crippen molar-refractivity contribution in [1.82, 2.24) is 19.5 Å². The van der Waals surface area contributed by atoms with Crippen LogP contribution in [0.25, 0.3) is 11.2 Å². The second-order valence-electron chi connectivity index (χ2n) is 6.88. The van der Waals surface area contributed by atoms with Gasteiger partial charge in [-0.1, -0.05) is 27.5 Å². The first kappa shape index (κ1) is 18.4. The van der Waals surface area contributed by atoms with Gasteiger partial charge in [0.15, 0.2) is 11.5 Å². The molecule has 0 bridgehead atoms. The molecule has 1 atom stereocenters. The minimum atomic E-state index is -0.602. The number of hydrogen-bond donors (Lipinski definition) is 3. The topological polar surface area (TPSA) is 119 Å². The third-order valence-corrected chi connectivity index (χ3v) is 5.86. The maximum atomic E-state index is 9.59. The van der Waals surface area contributed by atoms with Crippen LogP contribution < -0.4 is 16.4 Å². The first-order chi connectivity index (χ1) is 12.9. The van der Waals surface area contributed by atoms with Crippen LogP contribution in [-0.4, -0.2) is 49.9 Å². The van der Waals surface area contributed by atoms with Gasteiger partial charge in [0.1, 0.15) is 11.8 Å². The van der Waals surface area contributed by atoms with Gasteiger partial charge in [-0.25, -0.2) is 15.0 Å². The molecule has 27 heavy (non-hydrogen) atoms. The molecule has 0 spiro atoms. The molecule has 2 aromatic heterocycles. The molecule has 1 saturated heterocycles. The number of nitrogens with two attached hydrogens (primary N) is 2. The third kappa shape index (κ3) is 3.36. The molecule has 1 aliphatic rings. The molecular weight excluding hydrogens is 434 g/mol. The van der Waals surface area contributed by atoms with E-state index in [2.05, 4.69) is 35.8 Å². The summed E-state index contributed by atoms with van der Waals surface area (Å²) in [6, 6.07) is 3.79. The average Bonchev–Trinajstić information content (AvgIpc) is 3.23. The van der Waals surface area contributed by atoms with Crippen molar-refractivity contribution in [3.63, 3.8) is 0 Å². The molecule has 0 amide bonds. The van der Waals surface area contributed by atoms with Crippen molar-refractivity contribution < 1.29 is 5.11 Å². The van der Waals surface area contributed by atoms with Crippen LogP contribution in [0.4, 0.5) is 11.5 Å². The van der Waals surface area contributed by atoms with Crippen LogP contribution in [0.3, 0.4) is 0 Å². The molecule has 142 valence electrons. The van der Waals surface area contributed by atoms with Gasteiger partial charge >= 0.3 is 0 Å². The SMILES string of the molecule is Nc1ncnc2c1ncn2Cc1c(Br)cc(Cl)cc1N1CC[C@@](N)(CO)C1. The number of nitrogens with zero attached hydrogens (tertiary/aromatic N) is 5. The van der Waals surface area contributed by atoms with E-state index in [-0.39, 0.29) is 6.61 Å². The summed E-state index contributed by atoms with van der Waals surface area (Å²) in [4.78, 5) is 14.8. The molecule has 0 saturated carbocycles. The van der Waals surface area contributed by atoms with E-state index in [1.54, 1.807) is 6.33 Å². The van der Waals surface area contributed by atoms with Crippen LogP contribution in [0.1, 0.15) is 12.0 Å². The van der Waals surface area contributed by atoms with Gasteiger partial charge in [0.2, 0.25) is 0 Å². The number of rotatable bonds is 4. The zero-order valence-electron chi connectivity index (χ0n) is 14.4. The molecular formula is C17H19BrClN7O. The van der Waals surface area contributed by atoms with Gasteiger partial charge in [0, 0.05) is 33.8 Å². The Bertz CT molecular complexity index is 1010. The van der Waals surface area contributed by atoms with Gasteiger partial charge in [0.25, 0.3) is 0 Å². The van der Waals surface area contributed by atoms with Gasteiger partial charge < -0.3 is 26.0 Å². The highest BCUT2D eigenvalue weighted by Crippen LogP contribution is 2.36. The fourth-order valence-electron chi connectivity index (χ4n) is 3.44. The van der Waals surface area contributed by atoms with Crippen molar-refractivity contribution in [2.24, 2.45) is 5.73 Å². The van der Waals surface area contributed by atoms with Crippen molar-refractivity contribution in [3.05, 3.63) is 39.8 Å². The van der Waals surface area contributed by atoms with Gasteiger partial charge in [-0.3, -0.25) is 0 Å². The Morgan fingerprint density at radius 3 is 2.85 bits per heavy atom. The van der Waals surface area contributed by atoms with Gasteiger partial charge in [0.05, 0.1) is 25.0 Å².